The fourth-order valence-corrected chi connectivity index (χ4v) is 6.89. The lowest BCUT2D eigenvalue weighted by molar-refractivity contribution is -0.690. The predicted molar refractivity (Wildman–Crippen MR) is 183 cm³/mol. The van der Waals surface area contributed by atoms with Gasteiger partial charge in [0, 0.05) is 12.0 Å². The van der Waals surface area contributed by atoms with Gasteiger partial charge in [0.05, 0.1) is 6.20 Å². The molecule has 0 atom stereocenters. The van der Waals surface area contributed by atoms with E-state index in [-0.39, 0.29) is 5.78 Å². The molecule has 0 N–H and O–H groups in total. The van der Waals surface area contributed by atoms with Crippen molar-refractivity contribution in [2.45, 2.75) is 26.8 Å². The Morgan fingerprint density at radius 2 is 0.750 bits per heavy atom. The van der Waals surface area contributed by atoms with Crippen LogP contribution < -0.4 is 26.4 Å². The normalized spacial score (nSPS) is 11.6. The van der Waals surface area contributed by atoms with E-state index in [9.17, 15) is 57.5 Å². The Morgan fingerprint density at radius 3 is 1.03 bits per heavy atom. The third kappa shape index (κ3) is 7.90. The highest BCUT2D eigenvalue weighted by Gasteiger charge is 2.52. The Morgan fingerprint density at radius 1 is 0.469 bits per heavy atom. The minimum absolute atomic E-state index is 0.152. The highest BCUT2D eigenvalue weighted by Crippen LogP contribution is 2.30. The van der Waals surface area contributed by atoms with Gasteiger partial charge in [-0.05, 0) is 5.92 Å². The first kappa shape index (κ1) is 48.5. The summed E-state index contributed by atoms with van der Waals surface area (Å²) in [6.07, 6.45) is -1.42. The van der Waals surface area contributed by atoms with Crippen LogP contribution in [0.25, 0.3) is 0 Å². The van der Waals surface area contributed by atoms with Gasteiger partial charge in [0.25, 0.3) is 5.69 Å². The molecule has 0 saturated heterocycles. The number of benzene rings is 5. The smallest absolute Gasteiger partial charge is 0.267 e. The van der Waals surface area contributed by atoms with Crippen LogP contribution >= 0.6 is 0 Å². The van der Waals surface area contributed by atoms with Gasteiger partial charge in [0.15, 0.2) is 82.5 Å². The molecule has 6 aromatic rings. The fourth-order valence-electron chi connectivity index (χ4n) is 6.89. The number of carbonyl (C=O) groups is 1. The van der Waals surface area contributed by atoms with E-state index in [1.54, 1.807) is 12.4 Å². The quantitative estimate of drug-likeness (QED) is 0.0365. The Balaban J connectivity index is 0.000000337. The summed E-state index contributed by atoms with van der Waals surface area (Å²) in [5, 5.41) is 0. The van der Waals surface area contributed by atoms with Gasteiger partial charge in [0.2, 0.25) is 5.78 Å². The third-order valence-electron chi connectivity index (χ3n) is 9.62. The summed E-state index contributed by atoms with van der Waals surface area (Å²) < 4.78 is 296. The molecule has 0 aliphatic rings. The van der Waals surface area contributed by atoms with Crippen LogP contribution in [0.3, 0.4) is 0 Å². The van der Waals surface area contributed by atoms with Crippen molar-refractivity contribution in [1.29, 1.82) is 0 Å². The summed E-state index contributed by atoms with van der Waals surface area (Å²) in [6, 6.07) is 10.1. The molecule has 6 rings (SSSR count). The van der Waals surface area contributed by atoms with Gasteiger partial charge in [-0.3, -0.25) is 9.78 Å². The summed E-state index contributed by atoms with van der Waals surface area (Å²) in [5.74, 6) is -70.9. The molecule has 0 aliphatic carbocycles. The lowest BCUT2D eigenvalue weighted by Gasteiger charge is -2.44. The Hall–Kier alpha value is -6.49. The number of nitrogens with zero attached hydrogens (tertiary/aromatic N) is 2. The second-order valence-electron chi connectivity index (χ2n) is 13.9. The first-order chi connectivity index (χ1) is 29.9. The number of aromatic nitrogens is 2. The molecule has 3 nitrogen and oxygen atoms in total. The molecular formula is C40H19BF20N2O. The van der Waals surface area contributed by atoms with Crippen molar-refractivity contribution in [2.75, 3.05) is 0 Å². The lowest BCUT2D eigenvalue weighted by atomic mass is 9.12. The minimum Gasteiger partial charge on any atom is -0.287 e. The number of hydrogen-bond donors (Lipinski definition) is 0. The van der Waals surface area contributed by atoms with Crippen molar-refractivity contribution in [2.24, 2.45) is 5.92 Å². The molecule has 5 aromatic carbocycles. The predicted octanol–water partition coefficient (Wildman–Crippen LogP) is 8.49. The molecule has 0 bridgehead atoms. The Kier molecular flexibility index (Phi) is 13.9. The SMILES string of the molecule is CC(C)CC(=O)c1cncc[n+]1Cc1ccccc1.Fc1c(F)c(F)c([B-](c2c(F)c(F)c(F)c(F)c2F)(c2c(F)c(F)c(F)c(F)c2F)c2c(F)c(F)c(F)c(F)c2F)c(F)c1F. The molecule has 1 heterocycles. The molecule has 338 valence electrons. The van der Waals surface area contributed by atoms with Gasteiger partial charge in [0.1, 0.15) is 58.9 Å². The summed E-state index contributed by atoms with van der Waals surface area (Å²) in [7, 11) is 0. The maximum Gasteiger partial charge on any atom is 0.267 e. The summed E-state index contributed by atoms with van der Waals surface area (Å²) in [6.45, 7) is 4.80. The van der Waals surface area contributed by atoms with Crippen LogP contribution in [0.4, 0.5) is 87.8 Å². The van der Waals surface area contributed by atoms with Crippen LogP contribution in [0.2, 0.25) is 0 Å². The minimum atomic E-state index is -7.22. The number of ketones is 1. The molecular weight excluding hydrogens is 915 g/mol. The zero-order valence-corrected chi connectivity index (χ0v) is 31.5. The van der Waals surface area contributed by atoms with Gasteiger partial charge in [-0.1, -0.05) is 44.2 Å². The zero-order chi connectivity index (χ0) is 48.0. The monoisotopic (exact) mass is 934 g/mol. The summed E-state index contributed by atoms with van der Waals surface area (Å²) >= 11 is 0. The molecule has 0 amide bonds. The maximum absolute atomic E-state index is 15.4. The topological polar surface area (TPSA) is 33.8 Å². The second kappa shape index (κ2) is 18.3. The number of halogens is 20. The highest BCUT2D eigenvalue weighted by atomic mass is 19.2. The van der Waals surface area contributed by atoms with Crippen LogP contribution in [0.1, 0.15) is 36.3 Å². The standard InChI is InChI=1S/C24BF20.C16H19N2O/c26-5-1(6(27)14(35)21(42)13(5)34)25(2-7(28)15(36)22(43)16(37)8(2)29,3-9(30)17(38)23(44)18(39)10(3)31)4-11(32)19(40)24(45)20(41)12(4)33;1-13(2)10-16(19)15-11-17-8-9-18(15)12-14-6-4-3-5-7-14/h;3-9,11,13H,10,12H2,1-2H3/q-1;+1. The van der Waals surface area contributed by atoms with Gasteiger partial charge in [-0.15, -0.1) is 21.9 Å². The van der Waals surface area contributed by atoms with Crippen molar-refractivity contribution in [3.63, 3.8) is 0 Å². The van der Waals surface area contributed by atoms with Crippen LogP contribution in [0.15, 0.2) is 48.9 Å². The number of rotatable bonds is 9. The number of carbonyl (C=O) groups excluding carboxylic acids is 1. The molecule has 0 saturated carbocycles. The largest absolute Gasteiger partial charge is 0.287 e. The molecule has 0 aliphatic heterocycles. The number of Topliss-reactive ketones (excluding diaryl/α,β-unsaturated/α-hetero) is 1. The average molecular weight is 934 g/mol. The van der Waals surface area contributed by atoms with E-state index in [1.807, 2.05) is 29.0 Å². The second-order valence-corrected chi connectivity index (χ2v) is 13.9. The van der Waals surface area contributed by atoms with E-state index >= 15 is 35.1 Å². The Bertz CT molecular complexity index is 2460. The molecule has 0 fully saturated rings. The Labute approximate surface area is 345 Å². The van der Waals surface area contributed by atoms with E-state index in [0.29, 0.717) is 24.6 Å². The number of hydrogen-bond acceptors (Lipinski definition) is 2. The van der Waals surface area contributed by atoms with Gasteiger partial charge in [-0.25, -0.2) is 87.8 Å². The summed E-state index contributed by atoms with van der Waals surface area (Å²) in [4.78, 5) is 16.3. The molecule has 0 spiro atoms. The summed E-state index contributed by atoms with van der Waals surface area (Å²) in [5.41, 5.74) is -12.5. The fraction of sp³-hybridized carbons (Fsp3) is 0.125. The van der Waals surface area contributed by atoms with Crippen molar-refractivity contribution in [1.82, 2.24) is 4.98 Å². The first-order valence-electron chi connectivity index (χ1n) is 17.5. The van der Waals surface area contributed by atoms with E-state index in [2.05, 4.69) is 31.0 Å². The van der Waals surface area contributed by atoms with E-state index < -0.39 is 144 Å². The van der Waals surface area contributed by atoms with E-state index in [4.69, 9.17) is 0 Å². The van der Waals surface area contributed by atoms with Crippen LogP contribution in [0.5, 0.6) is 0 Å². The average Bonchev–Trinajstić information content (AvgIpc) is 3.26. The van der Waals surface area contributed by atoms with Crippen molar-refractivity contribution in [3.8, 4) is 0 Å². The highest BCUT2D eigenvalue weighted by molar-refractivity contribution is 7.20. The molecule has 1 aromatic heterocycles. The van der Waals surface area contributed by atoms with Gasteiger partial charge >= 0.3 is 0 Å². The maximum atomic E-state index is 15.4. The molecule has 0 radical (unpaired) electrons. The first-order valence-corrected chi connectivity index (χ1v) is 17.5. The third-order valence-corrected chi connectivity index (χ3v) is 9.62. The zero-order valence-electron chi connectivity index (χ0n) is 31.5. The van der Waals surface area contributed by atoms with Crippen molar-refractivity contribution in [3.05, 3.63) is 177 Å². The van der Waals surface area contributed by atoms with Crippen LogP contribution in [-0.2, 0) is 6.54 Å². The molecule has 64 heavy (non-hydrogen) atoms. The van der Waals surface area contributed by atoms with Crippen LogP contribution in [0, 0.1) is 122 Å². The molecule has 24 heteroatoms. The molecule has 0 unspecified atom stereocenters. The van der Waals surface area contributed by atoms with Gasteiger partial charge < -0.3 is 0 Å². The van der Waals surface area contributed by atoms with E-state index in [1.165, 1.54) is 5.56 Å². The van der Waals surface area contributed by atoms with E-state index in [0.717, 1.165) is 0 Å². The van der Waals surface area contributed by atoms with Crippen LogP contribution in [-0.4, -0.2) is 16.9 Å². The lowest BCUT2D eigenvalue weighted by Crippen LogP contribution is -2.81. The van der Waals surface area contributed by atoms with Crippen molar-refractivity contribution >= 4 is 33.8 Å². The van der Waals surface area contributed by atoms with Gasteiger partial charge in [-0.2, -0.15) is 4.57 Å². The van der Waals surface area contributed by atoms with Crippen molar-refractivity contribution < 1.29 is 97.2 Å².